The number of nitrogens with one attached hydrogen (secondary N) is 1. The van der Waals surface area contributed by atoms with Gasteiger partial charge in [-0.05, 0) is 55.3 Å². The molecule has 0 fully saturated rings. The number of anilines is 1. The first-order chi connectivity index (χ1) is 15.2. The van der Waals surface area contributed by atoms with Crippen LogP contribution in [0.2, 0.25) is 5.02 Å². The van der Waals surface area contributed by atoms with Crippen LogP contribution < -0.4 is 10.1 Å². The van der Waals surface area contributed by atoms with E-state index < -0.39 is 17.8 Å². The quantitative estimate of drug-likeness (QED) is 0.476. The van der Waals surface area contributed by atoms with Gasteiger partial charge >= 0.3 is 11.9 Å². The lowest BCUT2D eigenvalue weighted by molar-refractivity contribution is 0.0601. The largest absolute Gasteiger partial charge is 0.485 e. The molecule has 1 amide bonds. The summed E-state index contributed by atoms with van der Waals surface area (Å²) < 4.78 is 20.8. The van der Waals surface area contributed by atoms with Gasteiger partial charge in [0.25, 0.3) is 5.91 Å². The summed E-state index contributed by atoms with van der Waals surface area (Å²) in [7, 11) is 2.44. The number of ether oxygens (including phenoxy) is 3. The summed E-state index contributed by atoms with van der Waals surface area (Å²) in [5.74, 6) is -0.817. The van der Waals surface area contributed by atoms with Gasteiger partial charge in [-0.15, -0.1) is 11.3 Å². The Balaban J connectivity index is 1.76. The van der Waals surface area contributed by atoms with Gasteiger partial charge in [-0.2, -0.15) is 0 Å². The molecule has 32 heavy (non-hydrogen) atoms. The zero-order valence-electron chi connectivity index (χ0n) is 17.7. The van der Waals surface area contributed by atoms with Crippen LogP contribution in [0.25, 0.3) is 0 Å². The number of rotatable bonds is 7. The fraction of sp³-hybridized carbons (Fsp3) is 0.227. The van der Waals surface area contributed by atoms with Gasteiger partial charge in [-0.1, -0.05) is 11.6 Å². The van der Waals surface area contributed by atoms with Crippen LogP contribution in [0.5, 0.6) is 5.75 Å². The maximum Gasteiger partial charge on any atom is 0.348 e. The first-order valence-corrected chi connectivity index (χ1v) is 10.5. The normalized spacial score (nSPS) is 10.5. The molecule has 0 atom stereocenters. The van der Waals surface area contributed by atoms with E-state index in [1.165, 1.54) is 20.3 Å². The number of esters is 2. The van der Waals surface area contributed by atoms with Crippen molar-refractivity contribution in [3.63, 3.8) is 0 Å². The second-order valence-corrected chi connectivity index (χ2v) is 8.12. The van der Waals surface area contributed by atoms with Crippen LogP contribution in [0.3, 0.4) is 0 Å². The highest BCUT2D eigenvalue weighted by Crippen LogP contribution is 2.34. The summed E-state index contributed by atoms with van der Waals surface area (Å²) >= 11 is 6.86. The Morgan fingerprint density at radius 2 is 1.78 bits per heavy atom. The van der Waals surface area contributed by atoms with Gasteiger partial charge in [0.1, 0.15) is 28.0 Å². The summed E-state index contributed by atoms with van der Waals surface area (Å²) in [6.45, 7) is 3.55. The molecule has 0 unspecified atom stereocenters. The number of furan rings is 1. The highest BCUT2D eigenvalue weighted by atomic mass is 35.5. The molecule has 0 aliphatic heterocycles. The molecular weight excluding hydrogens is 458 g/mol. The highest BCUT2D eigenvalue weighted by molar-refractivity contribution is 7.18. The van der Waals surface area contributed by atoms with E-state index in [4.69, 9.17) is 30.2 Å². The number of benzene rings is 1. The number of aryl methyl sites for hydroxylation is 1. The van der Waals surface area contributed by atoms with E-state index in [0.717, 1.165) is 16.9 Å². The number of thiophene rings is 1. The van der Waals surface area contributed by atoms with Crippen LogP contribution in [-0.4, -0.2) is 32.1 Å². The molecular formula is C22H20ClNO7S. The second-order valence-electron chi connectivity index (χ2n) is 6.66. The summed E-state index contributed by atoms with van der Waals surface area (Å²) in [4.78, 5) is 37.1. The van der Waals surface area contributed by atoms with Crippen molar-refractivity contribution in [1.29, 1.82) is 0 Å². The molecule has 1 N–H and O–H groups in total. The SMILES string of the molecule is COC(=O)c1sc(NC(=O)c2ccc(COc3ccc(Cl)cc3C)o2)c(C(=O)OC)c1C. The third-order valence-electron chi connectivity index (χ3n) is 4.53. The second kappa shape index (κ2) is 9.88. The molecule has 8 nitrogen and oxygen atoms in total. The fourth-order valence-electron chi connectivity index (χ4n) is 2.90. The number of carbonyl (C=O) groups excluding carboxylic acids is 3. The van der Waals surface area contributed by atoms with E-state index in [-0.39, 0.29) is 27.8 Å². The fourth-order valence-corrected chi connectivity index (χ4v) is 4.24. The van der Waals surface area contributed by atoms with Crippen molar-refractivity contribution >= 4 is 45.8 Å². The number of hydrogen-bond acceptors (Lipinski definition) is 8. The molecule has 2 aromatic heterocycles. The van der Waals surface area contributed by atoms with Crippen molar-refractivity contribution in [2.24, 2.45) is 0 Å². The Bertz CT molecular complexity index is 1180. The van der Waals surface area contributed by atoms with Crippen LogP contribution in [0.1, 0.15) is 47.5 Å². The Kier molecular flexibility index (Phi) is 7.22. The first-order valence-electron chi connectivity index (χ1n) is 9.34. The minimum absolute atomic E-state index is 0.0120. The van der Waals surface area contributed by atoms with Gasteiger partial charge in [-0.3, -0.25) is 4.79 Å². The molecule has 0 aliphatic rings. The van der Waals surface area contributed by atoms with E-state index in [0.29, 0.717) is 22.1 Å². The van der Waals surface area contributed by atoms with Crippen LogP contribution in [0.15, 0.2) is 34.7 Å². The number of methoxy groups -OCH3 is 2. The average molecular weight is 478 g/mol. The minimum atomic E-state index is -0.684. The Hall–Kier alpha value is -3.30. The molecule has 2 heterocycles. The van der Waals surface area contributed by atoms with Gasteiger partial charge in [-0.25, -0.2) is 9.59 Å². The average Bonchev–Trinajstić information content (AvgIpc) is 3.37. The molecule has 0 saturated carbocycles. The maximum absolute atomic E-state index is 12.7. The number of halogens is 1. The summed E-state index contributed by atoms with van der Waals surface area (Å²) in [6, 6.07) is 8.35. The molecule has 0 bridgehead atoms. The van der Waals surface area contributed by atoms with Crippen LogP contribution >= 0.6 is 22.9 Å². The monoisotopic (exact) mass is 477 g/mol. The van der Waals surface area contributed by atoms with Crippen molar-refractivity contribution in [3.8, 4) is 5.75 Å². The summed E-state index contributed by atoms with van der Waals surface area (Å²) in [5, 5.41) is 3.37. The standard InChI is InChI=1S/C22H20ClNO7S/c1-11-9-13(23)5-7-15(11)30-10-14-6-8-16(31-14)19(25)24-20-17(21(26)28-3)12(2)18(32-20)22(27)29-4/h5-9H,10H2,1-4H3,(H,24,25). The van der Waals surface area contributed by atoms with E-state index in [9.17, 15) is 14.4 Å². The summed E-state index contributed by atoms with van der Waals surface area (Å²) in [6.07, 6.45) is 0. The molecule has 10 heteroatoms. The third kappa shape index (κ3) is 4.95. The van der Waals surface area contributed by atoms with Crippen LogP contribution in [-0.2, 0) is 16.1 Å². The number of amides is 1. The lowest BCUT2D eigenvalue weighted by Gasteiger charge is -2.08. The zero-order valence-corrected chi connectivity index (χ0v) is 19.3. The minimum Gasteiger partial charge on any atom is -0.485 e. The van der Waals surface area contributed by atoms with Crippen molar-refractivity contribution < 1.29 is 33.0 Å². The van der Waals surface area contributed by atoms with Gasteiger partial charge in [0.2, 0.25) is 0 Å². The van der Waals surface area contributed by atoms with Crippen LogP contribution in [0.4, 0.5) is 5.00 Å². The molecule has 0 aliphatic carbocycles. The Morgan fingerprint density at radius 1 is 1.06 bits per heavy atom. The zero-order chi connectivity index (χ0) is 23.4. The van der Waals surface area contributed by atoms with Crippen molar-refractivity contribution in [3.05, 3.63) is 68.4 Å². The number of carbonyl (C=O) groups is 3. The molecule has 1 aromatic carbocycles. The number of hydrogen-bond donors (Lipinski definition) is 1. The van der Waals surface area contributed by atoms with Gasteiger partial charge < -0.3 is 23.9 Å². The van der Waals surface area contributed by atoms with Crippen molar-refractivity contribution in [2.75, 3.05) is 19.5 Å². The molecule has 0 saturated heterocycles. The molecule has 0 spiro atoms. The van der Waals surface area contributed by atoms with Gasteiger partial charge in [0.15, 0.2) is 5.76 Å². The predicted octanol–water partition coefficient (Wildman–Crippen LogP) is 5.02. The third-order valence-corrected chi connectivity index (χ3v) is 5.95. The smallest absolute Gasteiger partial charge is 0.348 e. The molecule has 0 radical (unpaired) electrons. The Labute approximate surface area is 193 Å². The Morgan fingerprint density at radius 3 is 2.44 bits per heavy atom. The predicted molar refractivity (Wildman–Crippen MR) is 119 cm³/mol. The van der Waals surface area contributed by atoms with Gasteiger partial charge in [0.05, 0.1) is 19.8 Å². The molecule has 3 aromatic rings. The van der Waals surface area contributed by atoms with Gasteiger partial charge in [0, 0.05) is 5.02 Å². The lowest BCUT2D eigenvalue weighted by Crippen LogP contribution is -2.13. The van der Waals surface area contributed by atoms with E-state index in [2.05, 4.69) is 5.32 Å². The van der Waals surface area contributed by atoms with E-state index in [1.807, 2.05) is 6.92 Å². The van der Waals surface area contributed by atoms with Crippen LogP contribution in [0, 0.1) is 13.8 Å². The lowest BCUT2D eigenvalue weighted by atomic mass is 10.1. The van der Waals surface area contributed by atoms with Crippen molar-refractivity contribution in [1.82, 2.24) is 0 Å². The highest BCUT2D eigenvalue weighted by Gasteiger charge is 2.27. The molecule has 168 valence electrons. The summed E-state index contributed by atoms with van der Waals surface area (Å²) in [5.41, 5.74) is 1.31. The topological polar surface area (TPSA) is 104 Å². The van der Waals surface area contributed by atoms with E-state index in [1.54, 1.807) is 31.2 Å². The maximum atomic E-state index is 12.7. The van der Waals surface area contributed by atoms with E-state index >= 15 is 0 Å². The van der Waals surface area contributed by atoms with Crippen molar-refractivity contribution in [2.45, 2.75) is 20.5 Å². The first kappa shape index (κ1) is 23.4. The molecule has 3 rings (SSSR count).